The Balaban J connectivity index is 1.79. The molecule has 0 spiro atoms. The van der Waals surface area contributed by atoms with E-state index in [-0.39, 0.29) is 12.0 Å². The fourth-order valence-electron chi connectivity index (χ4n) is 1.83. The van der Waals surface area contributed by atoms with Gasteiger partial charge in [0.1, 0.15) is 6.61 Å². The van der Waals surface area contributed by atoms with E-state index < -0.39 is 0 Å². The van der Waals surface area contributed by atoms with Crippen molar-refractivity contribution in [3.05, 3.63) is 36.0 Å². The Hall–Kier alpha value is -2.08. The Morgan fingerprint density at radius 1 is 1.37 bits per heavy atom. The van der Waals surface area contributed by atoms with Crippen molar-refractivity contribution in [1.82, 2.24) is 10.1 Å². The maximum absolute atomic E-state index is 5.80. The molecular formula is C13H15N3O3. The monoisotopic (exact) mass is 261 g/mol. The molecule has 1 aromatic heterocycles. The van der Waals surface area contributed by atoms with Crippen molar-refractivity contribution in [1.29, 1.82) is 0 Å². The summed E-state index contributed by atoms with van der Waals surface area (Å²) in [4.78, 5) is 4.31. The van der Waals surface area contributed by atoms with Gasteiger partial charge in [-0.1, -0.05) is 24.2 Å². The van der Waals surface area contributed by atoms with E-state index in [2.05, 4.69) is 10.1 Å². The second-order valence-corrected chi connectivity index (χ2v) is 4.49. The minimum atomic E-state index is -0.350. The van der Waals surface area contributed by atoms with Gasteiger partial charge in [-0.05, 0) is 12.1 Å². The average Bonchev–Trinajstić information content (AvgIpc) is 2.95. The SMILES string of the molecule is CC(CN)c1nc(C2COc3ccccc3O2)no1. The molecule has 1 aliphatic heterocycles. The zero-order valence-electron chi connectivity index (χ0n) is 10.6. The van der Waals surface area contributed by atoms with Crippen molar-refractivity contribution >= 4 is 0 Å². The van der Waals surface area contributed by atoms with E-state index in [1.165, 1.54) is 0 Å². The van der Waals surface area contributed by atoms with Gasteiger partial charge in [-0.2, -0.15) is 4.98 Å². The molecule has 6 heteroatoms. The number of para-hydroxylation sites is 2. The molecule has 0 saturated heterocycles. The summed E-state index contributed by atoms with van der Waals surface area (Å²) in [5, 5.41) is 3.94. The number of ether oxygens (including phenoxy) is 2. The van der Waals surface area contributed by atoms with Crippen molar-refractivity contribution < 1.29 is 14.0 Å². The van der Waals surface area contributed by atoms with Crippen LogP contribution in [0.25, 0.3) is 0 Å². The minimum absolute atomic E-state index is 0.0399. The molecule has 3 rings (SSSR count). The molecule has 2 N–H and O–H groups in total. The van der Waals surface area contributed by atoms with Crippen LogP contribution >= 0.6 is 0 Å². The van der Waals surface area contributed by atoms with E-state index >= 15 is 0 Å². The summed E-state index contributed by atoms with van der Waals surface area (Å²) < 4.78 is 16.6. The number of aromatic nitrogens is 2. The highest BCUT2D eigenvalue weighted by molar-refractivity contribution is 5.40. The lowest BCUT2D eigenvalue weighted by Gasteiger charge is -2.24. The summed E-state index contributed by atoms with van der Waals surface area (Å²) in [5.74, 6) is 2.48. The van der Waals surface area contributed by atoms with Gasteiger partial charge < -0.3 is 19.7 Å². The predicted molar refractivity (Wildman–Crippen MR) is 67.1 cm³/mol. The van der Waals surface area contributed by atoms with Gasteiger partial charge in [0, 0.05) is 12.5 Å². The lowest BCUT2D eigenvalue weighted by atomic mass is 10.2. The number of nitrogens with two attached hydrogens (primary N) is 1. The van der Waals surface area contributed by atoms with Crippen LogP contribution in [0.2, 0.25) is 0 Å². The third kappa shape index (κ3) is 2.26. The van der Waals surface area contributed by atoms with Gasteiger partial charge in [-0.3, -0.25) is 0 Å². The topological polar surface area (TPSA) is 83.4 Å². The maximum atomic E-state index is 5.80. The van der Waals surface area contributed by atoms with E-state index in [0.29, 0.717) is 30.6 Å². The highest BCUT2D eigenvalue weighted by Gasteiger charge is 2.27. The van der Waals surface area contributed by atoms with Crippen LogP contribution in [0.4, 0.5) is 0 Å². The van der Waals surface area contributed by atoms with Crippen LogP contribution in [0.15, 0.2) is 28.8 Å². The van der Waals surface area contributed by atoms with E-state index in [9.17, 15) is 0 Å². The second kappa shape index (κ2) is 4.89. The van der Waals surface area contributed by atoms with Gasteiger partial charge >= 0.3 is 0 Å². The molecule has 1 aromatic carbocycles. The summed E-state index contributed by atoms with van der Waals surface area (Å²) in [6, 6.07) is 7.51. The van der Waals surface area contributed by atoms with Gasteiger partial charge in [-0.15, -0.1) is 0 Å². The highest BCUT2D eigenvalue weighted by Crippen LogP contribution is 2.35. The summed E-state index contributed by atoms with van der Waals surface area (Å²) in [5.41, 5.74) is 5.57. The molecule has 6 nitrogen and oxygen atoms in total. The van der Waals surface area contributed by atoms with Crippen LogP contribution in [0.1, 0.15) is 30.7 Å². The molecule has 0 radical (unpaired) electrons. The van der Waals surface area contributed by atoms with Crippen LogP contribution in [-0.2, 0) is 0 Å². The summed E-state index contributed by atoms with van der Waals surface area (Å²) in [6.45, 7) is 2.77. The minimum Gasteiger partial charge on any atom is -0.485 e. The van der Waals surface area contributed by atoms with Crippen molar-refractivity contribution in [2.45, 2.75) is 18.9 Å². The molecule has 0 fully saturated rings. The average molecular weight is 261 g/mol. The van der Waals surface area contributed by atoms with Crippen LogP contribution in [0.5, 0.6) is 11.5 Å². The zero-order valence-corrected chi connectivity index (χ0v) is 10.6. The third-order valence-electron chi connectivity index (χ3n) is 3.03. The smallest absolute Gasteiger partial charge is 0.230 e. The molecule has 19 heavy (non-hydrogen) atoms. The molecule has 2 unspecified atom stereocenters. The van der Waals surface area contributed by atoms with Crippen molar-refractivity contribution in [3.8, 4) is 11.5 Å². The van der Waals surface area contributed by atoms with E-state index in [0.717, 1.165) is 5.75 Å². The Morgan fingerprint density at radius 3 is 2.95 bits per heavy atom. The molecule has 2 aromatic rings. The summed E-state index contributed by atoms with van der Waals surface area (Å²) in [6.07, 6.45) is -0.350. The first kappa shape index (κ1) is 12.0. The van der Waals surface area contributed by atoms with Gasteiger partial charge in [0.2, 0.25) is 11.7 Å². The number of rotatable bonds is 3. The molecule has 100 valence electrons. The Kier molecular flexibility index (Phi) is 3.08. The van der Waals surface area contributed by atoms with Crippen LogP contribution in [0.3, 0.4) is 0 Å². The first-order valence-corrected chi connectivity index (χ1v) is 6.20. The van der Waals surface area contributed by atoms with E-state index in [4.69, 9.17) is 19.7 Å². The Bertz CT molecular complexity index is 570. The molecule has 2 heterocycles. The van der Waals surface area contributed by atoms with Gasteiger partial charge in [0.15, 0.2) is 17.6 Å². The fraction of sp³-hybridized carbons (Fsp3) is 0.385. The Morgan fingerprint density at radius 2 is 2.16 bits per heavy atom. The van der Waals surface area contributed by atoms with Crippen LogP contribution in [0, 0.1) is 0 Å². The van der Waals surface area contributed by atoms with E-state index in [1.807, 2.05) is 31.2 Å². The summed E-state index contributed by atoms with van der Waals surface area (Å²) >= 11 is 0. The maximum Gasteiger partial charge on any atom is 0.230 e. The van der Waals surface area contributed by atoms with Crippen molar-refractivity contribution in [3.63, 3.8) is 0 Å². The number of nitrogens with zero attached hydrogens (tertiary/aromatic N) is 2. The number of hydrogen-bond donors (Lipinski definition) is 1. The normalized spacial score (nSPS) is 19.2. The molecule has 0 bridgehead atoms. The third-order valence-corrected chi connectivity index (χ3v) is 3.03. The lowest BCUT2D eigenvalue weighted by molar-refractivity contribution is 0.0832. The fourth-order valence-corrected chi connectivity index (χ4v) is 1.83. The molecule has 0 saturated carbocycles. The first-order valence-electron chi connectivity index (χ1n) is 6.20. The lowest BCUT2D eigenvalue weighted by Crippen LogP contribution is -2.22. The molecule has 0 aliphatic carbocycles. The predicted octanol–water partition coefficient (Wildman–Crippen LogP) is 1.64. The van der Waals surface area contributed by atoms with Crippen LogP contribution < -0.4 is 15.2 Å². The van der Waals surface area contributed by atoms with Crippen molar-refractivity contribution in [2.24, 2.45) is 5.73 Å². The molecular weight excluding hydrogens is 246 g/mol. The number of hydrogen-bond acceptors (Lipinski definition) is 6. The first-order chi connectivity index (χ1) is 9.28. The van der Waals surface area contributed by atoms with Gasteiger partial charge in [-0.25, -0.2) is 0 Å². The quantitative estimate of drug-likeness (QED) is 0.904. The summed E-state index contributed by atoms with van der Waals surface area (Å²) in [7, 11) is 0. The zero-order chi connectivity index (χ0) is 13.2. The molecule has 2 atom stereocenters. The number of fused-ring (bicyclic) bond motifs is 1. The van der Waals surface area contributed by atoms with Crippen LogP contribution in [-0.4, -0.2) is 23.3 Å². The van der Waals surface area contributed by atoms with Gasteiger partial charge in [0.25, 0.3) is 0 Å². The number of benzene rings is 1. The van der Waals surface area contributed by atoms with Gasteiger partial charge in [0.05, 0.1) is 0 Å². The molecule has 0 amide bonds. The Labute approximate surface area is 110 Å². The highest BCUT2D eigenvalue weighted by atomic mass is 16.6. The van der Waals surface area contributed by atoms with Crippen molar-refractivity contribution in [2.75, 3.05) is 13.2 Å². The van der Waals surface area contributed by atoms with E-state index in [1.54, 1.807) is 0 Å². The standard InChI is InChI=1S/C13H15N3O3/c1-8(6-14)13-15-12(16-19-13)11-7-17-9-4-2-3-5-10(9)18-11/h2-5,8,11H,6-7,14H2,1H3. The largest absolute Gasteiger partial charge is 0.485 e. The molecule has 1 aliphatic rings. The second-order valence-electron chi connectivity index (χ2n) is 4.49.